The molecule has 2 aliphatic rings. The molecule has 3 N–H and O–H groups in total. The van der Waals surface area contributed by atoms with Gasteiger partial charge in [-0.25, -0.2) is 4.98 Å². The van der Waals surface area contributed by atoms with Crippen LogP contribution < -0.4 is 20.7 Å². The monoisotopic (exact) mass is 410 g/mol. The molecular formula is C22H30N6O2. The zero-order valence-corrected chi connectivity index (χ0v) is 17.5. The molecule has 30 heavy (non-hydrogen) atoms. The van der Waals surface area contributed by atoms with Gasteiger partial charge in [-0.1, -0.05) is 19.3 Å². The molecule has 1 saturated carbocycles. The van der Waals surface area contributed by atoms with Gasteiger partial charge in [0.05, 0.1) is 7.11 Å². The van der Waals surface area contributed by atoms with E-state index in [1.165, 1.54) is 38.3 Å². The highest BCUT2D eigenvalue weighted by atomic mass is 16.5. The topological polar surface area (TPSA) is 96.6 Å². The minimum atomic E-state index is -0.327. The van der Waals surface area contributed by atoms with Crippen LogP contribution >= 0.6 is 0 Å². The molecule has 1 aromatic heterocycles. The summed E-state index contributed by atoms with van der Waals surface area (Å²) in [5.41, 5.74) is 7.03. The van der Waals surface area contributed by atoms with Gasteiger partial charge < -0.3 is 20.7 Å². The fourth-order valence-corrected chi connectivity index (χ4v) is 4.32. The van der Waals surface area contributed by atoms with E-state index in [0.29, 0.717) is 11.6 Å². The number of nitrogen functional groups attached to an aromatic ring is 1. The van der Waals surface area contributed by atoms with E-state index in [1.807, 2.05) is 0 Å². The molecule has 4 rings (SSSR count). The van der Waals surface area contributed by atoms with E-state index in [1.54, 1.807) is 31.4 Å². The number of amides is 1. The summed E-state index contributed by atoms with van der Waals surface area (Å²) in [4.78, 5) is 26.2. The zero-order valence-electron chi connectivity index (χ0n) is 17.5. The van der Waals surface area contributed by atoms with Gasteiger partial charge in [-0.05, 0) is 37.1 Å². The maximum absolute atomic E-state index is 12.6. The predicted octanol–water partition coefficient (Wildman–Crippen LogP) is 2.77. The van der Waals surface area contributed by atoms with Crippen molar-refractivity contribution in [2.45, 2.75) is 38.1 Å². The molecule has 0 bridgehead atoms. The summed E-state index contributed by atoms with van der Waals surface area (Å²) in [6.45, 7) is 3.81. The van der Waals surface area contributed by atoms with E-state index >= 15 is 0 Å². The lowest BCUT2D eigenvalue weighted by Gasteiger charge is -2.40. The third-order valence-corrected chi connectivity index (χ3v) is 6.09. The molecule has 2 heterocycles. The maximum atomic E-state index is 12.6. The van der Waals surface area contributed by atoms with E-state index in [4.69, 9.17) is 10.5 Å². The molecule has 1 saturated heterocycles. The largest absolute Gasteiger partial charge is 0.497 e. The molecule has 2 aromatic rings. The highest BCUT2D eigenvalue weighted by Gasteiger charge is 2.26. The van der Waals surface area contributed by atoms with Gasteiger partial charge >= 0.3 is 0 Å². The van der Waals surface area contributed by atoms with Crippen molar-refractivity contribution in [3.8, 4) is 5.75 Å². The van der Waals surface area contributed by atoms with Gasteiger partial charge in [0.25, 0.3) is 5.91 Å². The van der Waals surface area contributed by atoms with Crippen LogP contribution in [0.2, 0.25) is 0 Å². The van der Waals surface area contributed by atoms with Crippen molar-refractivity contribution < 1.29 is 9.53 Å². The molecule has 160 valence electrons. The van der Waals surface area contributed by atoms with E-state index in [9.17, 15) is 4.79 Å². The number of nitrogens with two attached hydrogens (primary N) is 1. The number of aromatic nitrogens is 2. The van der Waals surface area contributed by atoms with Crippen LogP contribution in [0.25, 0.3) is 0 Å². The van der Waals surface area contributed by atoms with Crippen LogP contribution in [0.1, 0.15) is 42.5 Å². The van der Waals surface area contributed by atoms with E-state index in [0.717, 1.165) is 38.0 Å². The number of piperazine rings is 1. The summed E-state index contributed by atoms with van der Waals surface area (Å²) in [7, 11) is 1.60. The summed E-state index contributed by atoms with van der Waals surface area (Å²) in [6, 6.07) is 7.84. The molecular weight excluding hydrogens is 380 g/mol. The normalized spacial score (nSPS) is 18.2. The van der Waals surface area contributed by atoms with Gasteiger partial charge in [-0.2, -0.15) is 4.98 Å². The SMILES string of the molecule is COc1ccc(NC(=O)c2cnc(N3CCN(C4CCCCC4)CC3)nc2N)cc1. The number of carbonyl (C=O) groups is 1. The number of hydrogen-bond donors (Lipinski definition) is 2. The van der Waals surface area contributed by atoms with Gasteiger partial charge in [0.1, 0.15) is 17.1 Å². The minimum Gasteiger partial charge on any atom is -0.497 e. The third kappa shape index (κ3) is 4.64. The van der Waals surface area contributed by atoms with Crippen molar-refractivity contribution in [2.75, 3.05) is 49.2 Å². The lowest BCUT2D eigenvalue weighted by atomic mass is 9.94. The Morgan fingerprint density at radius 1 is 1.10 bits per heavy atom. The van der Waals surface area contributed by atoms with Crippen molar-refractivity contribution in [3.05, 3.63) is 36.0 Å². The Hall–Kier alpha value is -2.87. The van der Waals surface area contributed by atoms with Crippen LogP contribution in [0.3, 0.4) is 0 Å². The number of nitrogens with zero attached hydrogens (tertiary/aromatic N) is 4. The van der Waals surface area contributed by atoms with Crippen LogP contribution in [0, 0.1) is 0 Å². The maximum Gasteiger partial charge on any atom is 0.260 e. The van der Waals surface area contributed by atoms with Crippen LogP contribution in [0.15, 0.2) is 30.5 Å². The van der Waals surface area contributed by atoms with Gasteiger partial charge in [0.2, 0.25) is 5.95 Å². The van der Waals surface area contributed by atoms with Crippen LogP contribution in [0.5, 0.6) is 5.75 Å². The molecule has 1 aliphatic heterocycles. The molecule has 0 unspecified atom stereocenters. The minimum absolute atomic E-state index is 0.195. The molecule has 8 nitrogen and oxygen atoms in total. The summed E-state index contributed by atoms with van der Waals surface area (Å²) in [5.74, 6) is 1.19. The molecule has 2 fully saturated rings. The van der Waals surface area contributed by atoms with Crippen molar-refractivity contribution in [1.82, 2.24) is 14.9 Å². The van der Waals surface area contributed by atoms with E-state index in [2.05, 4.69) is 25.1 Å². The molecule has 8 heteroatoms. The Morgan fingerprint density at radius 2 is 1.80 bits per heavy atom. The Bertz CT molecular complexity index is 858. The predicted molar refractivity (Wildman–Crippen MR) is 118 cm³/mol. The first kappa shape index (κ1) is 20.4. The van der Waals surface area contributed by atoms with Crippen molar-refractivity contribution in [2.24, 2.45) is 0 Å². The highest BCUT2D eigenvalue weighted by molar-refractivity contribution is 6.07. The Labute approximate surface area is 177 Å². The van der Waals surface area contributed by atoms with E-state index < -0.39 is 0 Å². The van der Waals surface area contributed by atoms with E-state index in [-0.39, 0.29) is 17.3 Å². The van der Waals surface area contributed by atoms with Crippen molar-refractivity contribution >= 4 is 23.4 Å². The summed E-state index contributed by atoms with van der Waals surface area (Å²) >= 11 is 0. The highest BCUT2D eigenvalue weighted by Crippen LogP contribution is 2.25. The molecule has 0 spiro atoms. The van der Waals surface area contributed by atoms with Gasteiger partial charge in [0.15, 0.2) is 0 Å². The summed E-state index contributed by atoms with van der Waals surface area (Å²) < 4.78 is 5.13. The average molecular weight is 411 g/mol. The lowest BCUT2D eigenvalue weighted by Crippen LogP contribution is -2.51. The summed E-state index contributed by atoms with van der Waals surface area (Å²) in [5, 5.41) is 2.82. The van der Waals surface area contributed by atoms with Gasteiger partial charge in [0, 0.05) is 44.1 Å². The lowest BCUT2D eigenvalue weighted by molar-refractivity contribution is 0.102. The number of hydrogen-bond acceptors (Lipinski definition) is 7. The van der Waals surface area contributed by atoms with Gasteiger partial charge in [-0.3, -0.25) is 9.69 Å². The number of methoxy groups -OCH3 is 1. The fraction of sp³-hybridized carbons (Fsp3) is 0.500. The van der Waals surface area contributed by atoms with Crippen LogP contribution in [-0.2, 0) is 0 Å². The number of nitrogens with one attached hydrogen (secondary N) is 1. The second kappa shape index (κ2) is 9.30. The number of anilines is 3. The second-order valence-corrected chi connectivity index (χ2v) is 7.97. The quantitative estimate of drug-likeness (QED) is 0.782. The van der Waals surface area contributed by atoms with Crippen molar-refractivity contribution in [3.63, 3.8) is 0 Å². The number of carbonyl (C=O) groups excluding carboxylic acids is 1. The first-order valence-electron chi connectivity index (χ1n) is 10.7. The van der Waals surface area contributed by atoms with Crippen LogP contribution in [0.4, 0.5) is 17.5 Å². The Morgan fingerprint density at radius 3 is 2.43 bits per heavy atom. The first-order valence-corrected chi connectivity index (χ1v) is 10.7. The molecule has 1 amide bonds. The molecule has 1 aliphatic carbocycles. The number of rotatable bonds is 5. The smallest absolute Gasteiger partial charge is 0.260 e. The number of benzene rings is 1. The average Bonchev–Trinajstić information content (AvgIpc) is 2.80. The second-order valence-electron chi connectivity index (χ2n) is 7.97. The first-order chi connectivity index (χ1) is 14.6. The Kier molecular flexibility index (Phi) is 6.32. The molecule has 0 atom stereocenters. The third-order valence-electron chi connectivity index (χ3n) is 6.09. The zero-order chi connectivity index (χ0) is 20.9. The molecule has 1 aromatic carbocycles. The Balaban J connectivity index is 1.36. The van der Waals surface area contributed by atoms with Crippen LogP contribution in [-0.4, -0.2) is 60.1 Å². The number of ether oxygens (including phenoxy) is 1. The standard InChI is InChI=1S/C22H30N6O2/c1-30-18-9-7-16(8-10-18)25-21(29)19-15-24-22(26-20(19)23)28-13-11-27(12-14-28)17-5-3-2-4-6-17/h7-10,15,17H,2-6,11-14H2,1H3,(H,25,29)(H2,23,24,26). The fourth-order valence-electron chi connectivity index (χ4n) is 4.32. The van der Waals surface area contributed by atoms with Crippen molar-refractivity contribution in [1.29, 1.82) is 0 Å². The molecule has 0 radical (unpaired) electrons. The van der Waals surface area contributed by atoms with Gasteiger partial charge in [-0.15, -0.1) is 0 Å². The summed E-state index contributed by atoms with van der Waals surface area (Å²) in [6.07, 6.45) is 8.24.